The fourth-order valence-corrected chi connectivity index (χ4v) is 9.23. The number of carbonyl (C=O) groups is 1. The molecule has 0 aromatic rings. The minimum atomic E-state index is -1.89. The van der Waals surface area contributed by atoms with Crippen LogP contribution in [-0.4, -0.2) is 14.1 Å². The van der Waals surface area contributed by atoms with Crippen molar-refractivity contribution in [1.82, 2.24) is 0 Å². The molecule has 0 saturated heterocycles. The van der Waals surface area contributed by atoms with Gasteiger partial charge < -0.3 is 4.43 Å². The van der Waals surface area contributed by atoms with Crippen molar-refractivity contribution in [3.63, 3.8) is 0 Å². The molecule has 0 amide bonds. The van der Waals surface area contributed by atoms with E-state index in [-0.39, 0.29) is 0 Å². The van der Waals surface area contributed by atoms with E-state index < -0.39 is 8.32 Å². The first-order chi connectivity index (χ1) is 9.77. The molecule has 0 spiro atoms. The van der Waals surface area contributed by atoms with Crippen LogP contribution < -0.4 is 0 Å². The first kappa shape index (κ1) is 18.5. The SMILES string of the molecule is CCCCCC1=C(O[Si](C(C)C)(C(C)C)C(C)C)CC1=O. The van der Waals surface area contributed by atoms with Crippen LogP contribution in [0.3, 0.4) is 0 Å². The fourth-order valence-electron chi connectivity index (χ4n) is 3.90. The summed E-state index contributed by atoms with van der Waals surface area (Å²) in [5.41, 5.74) is 2.70. The minimum Gasteiger partial charge on any atom is -0.545 e. The van der Waals surface area contributed by atoms with E-state index in [2.05, 4.69) is 48.5 Å². The molecule has 0 aromatic heterocycles. The van der Waals surface area contributed by atoms with Gasteiger partial charge in [-0.15, -0.1) is 0 Å². The zero-order valence-corrected chi connectivity index (χ0v) is 16.1. The highest BCUT2D eigenvalue weighted by molar-refractivity contribution is 6.78. The first-order valence-electron chi connectivity index (χ1n) is 8.71. The van der Waals surface area contributed by atoms with Gasteiger partial charge in [0.15, 0.2) is 5.78 Å². The third-order valence-electron chi connectivity index (χ3n) is 5.03. The number of Topliss-reactive ketones (excluding diaryl/α,β-unsaturated/α-hetero) is 1. The summed E-state index contributed by atoms with van der Waals surface area (Å²) in [6.07, 6.45) is 4.97. The summed E-state index contributed by atoms with van der Waals surface area (Å²) >= 11 is 0. The van der Waals surface area contributed by atoms with Crippen molar-refractivity contribution in [2.45, 2.75) is 97.2 Å². The molecule has 0 saturated carbocycles. The molecule has 0 atom stereocenters. The predicted octanol–water partition coefficient (Wildman–Crippen LogP) is 5.99. The van der Waals surface area contributed by atoms with Crippen molar-refractivity contribution in [2.75, 3.05) is 0 Å². The second kappa shape index (κ2) is 7.62. The Hall–Kier alpha value is -0.573. The highest BCUT2D eigenvalue weighted by atomic mass is 28.4. The molecular weight excluding hydrogens is 276 g/mol. The minimum absolute atomic E-state index is 0.320. The molecule has 3 heteroatoms. The molecule has 0 bridgehead atoms. The van der Waals surface area contributed by atoms with Crippen molar-refractivity contribution >= 4 is 14.1 Å². The molecule has 2 nitrogen and oxygen atoms in total. The Bertz CT molecular complexity index is 372. The predicted molar refractivity (Wildman–Crippen MR) is 92.9 cm³/mol. The van der Waals surface area contributed by atoms with Crippen LogP contribution in [0.4, 0.5) is 0 Å². The van der Waals surface area contributed by atoms with Crippen LogP contribution >= 0.6 is 0 Å². The van der Waals surface area contributed by atoms with Crippen LogP contribution in [0.2, 0.25) is 16.6 Å². The van der Waals surface area contributed by atoms with E-state index in [0.717, 1.165) is 24.2 Å². The third kappa shape index (κ3) is 3.80. The largest absolute Gasteiger partial charge is 0.545 e. The fraction of sp³-hybridized carbons (Fsp3) is 0.833. The summed E-state index contributed by atoms with van der Waals surface area (Å²) in [6.45, 7) is 16.0. The Kier molecular flexibility index (Phi) is 6.70. The molecule has 0 unspecified atom stereocenters. The van der Waals surface area contributed by atoms with Crippen molar-refractivity contribution in [2.24, 2.45) is 0 Å². The van der Waals surface area contributed by atoms with E-state index in [1.807, 2.05) is 0 Å². The summed E-state index contributed by atoms with van der Waals surface area (Å²) in [7, 11) is -1.89. The van der Waals surface area contributed by atoms with E-state index in [0.29, 0.717) is 28.8 Å². The number of hydrogen-bond donors (Lipinski definition) is 0. The zero-order chi connectivity index (χ0) is 16.2. The monoisotopic (exact) mass is 310 g/mol. The molecular formula is C18H34O2Si. The van der Waals surface area contributed by atoms with Crippen molar-refractivity contribution in [3.8, 4) is 0 Å². The van der Waals surface area contributed by atoms with Gasteiger partial charge in [0.05, 0.1) is 12.2 Å². The van der Waals surface area contributed by atoms with Crippen LogP contribution in [-0.2, 0) is 9.22 Å². The van der Waals surface area contributed by atoms with Crippen LogP contribution in [0.1, 0.15) is 80.6 Å². The standard InChI is InChI=1S/C18H34O2Si/c1-8-9-10-11-16-17(19)12-18(16)20-21(13(2)3,14(4)5)15(6)7/h13-15H,8-12H2,1-7H3. The average Bonchev–Trinajstić information content (AvgIpc) is 2.37. The lowest BCUT2D eigenvalue weighted by Crippen LogP contribution is -2.48. The van der Waals surface area contributed by atoms with Crippen LogP contribution in [0.25, 0.3) is 0 Å². The van der Waals surface area contributed by atoms with Gasteiger partial charge in [-0.2, -0.15) is 0 Å². The van der Waals surface area contributed by atoms with Crippen LogP contribution in [0, 0.1) is 0 Å². The summed E-state index contributed by atoms with van der Waals surface area (Å²) in [6, 6.07) is 0. The number of allylic oxidation sites excluding steroid dienone is 2. The Morgan fingerprint density at radius 3 is 1.90 bits per heavy atom. The Morgan fingerprint density at radius 2 is 1.52 bits per heavy atom. The lowest BCUT2D eigenvalue weighted by Gasteiger charge is -2.44. The number of rotatable bonds is 9. The number of hydrogen-bond acceptors (Lipinski definition) is 2. The molecule has 0 aliphatic heterocycles. The smallest absolute Gasteiger partial charge is 0.258 e. The Balaban J connectivity index is 2.95. The second-order valence-electron chi connectivity index (χ2n) is 7.38. The van der Waals surface area contributed by atoms with Gasteiger partial charge in [-0.3, -0.25) is 4.79 Å². The van der Waals surface area contributed by atoms with Crippen molar-refractivity contribution < 1.29 is 9.22 Å². The normalized spacial score (nSPS) is 16.2. The number of unbranched alkanes of at least 4 members (excludes halogenated alkanes) is 2. The highest BCUT2D eigenvalue weighted by Crippen LogP contribution is 2.46. The lowest BCUT2D eigenvalue weighted by atomic mass is 9.90. The van der Waals surface area contributed by atoms with Crippen molar-refractivity contribution in [1.29, 1.82) is 0 Å². The maximum atomic E-state index is 11.9. The van der Waals surface area contributed by atoms with Gasteiger partial charge in [-0.05, 0) is 29.5 Å². The molecule has 0 aromatic carbocycles. The quantitative estimate of drug-likeness (QED) is 0.386. The van der Waals surface area contributed by atoms with E-state index in [1.165, 1.54) is 12.8 Å². The summed E-state index contributed by atoms with van der Waals surface area (Å²) in [4.78, 5) is 11.9. The molecule has 0 N–H and O–H groups in total. The molecule has 0 radical (unpaired) electrons. The molecule has 1 aliphatic carbocycles. The van der Waals surface area contributed by atoms with Gasteiger partial charge in [-0.1, -0.05) is 61.3 Å². The van der Waals surface area contributed by atoms with E-state index in [4.69, 9.17) is 4.43 Å². The Labute approximate surface area is 132 Å². The van der Waals surface area contributed by atoms with Gasteiger partial charge in [0.2, 0.25) is 0 Å². The number of carbonyl (C=O) groups excluding carboxylic acids is 1. The van der Waals surface area contributed by atoms with Gasteiger partial charge >= 0.3 is 0 Å². The highest BCUT2D eigenvalue weighted by Gasteiger charge is 2.48. The molecule has 1 rings (SSSR count). The van der Waals surface area contributed by atoms with Crippen molar-refractivity contribution in [3.05, 3.63) is 11.3 Å². The van der Waals surface area contributed by atoms with Gasteiger partial charge in [0, 0.05) is 5.57 Å². The first-order valence-corrected chi connectivity index (χ1v) is 10.9. The third-order valence-corrected chi connectivity index (χ3v) is 11.0. The molecule has 21 heavy (non-hydrogen) atoms. The maximum absolute atomic E-state index is 11.9. The summed E-state index contributed by atoms with van der Waals surface area (Å²) in [5.74, 6) is 1.36. The molecule has 0 heterocycles. The van der Waals surface area contributed by atoms with Gasteiger partial charge in [0.1, 0.15) is 0 Å². The second-order valence-corrected chi connectivity index (χ2v) is 12.8. The summed E-state index contributed by atoms with van der Waals surface area (Å²) in [5, 5.41) is 0. The van der Waals surface area contributed by atoms with Crippen LogP contribution in [0.15, 0.2) is 11.3 Å². The van der Waals surface area contributed by atoms with Gasteiger partial charge in [-0.25, -0.2) is 0 Å². The summed E-state index contributed by atoms with van der Waals surface area (Å²) < 4.78 is 6.67. The lowest BCUT2D eigenvalue weighted by molar-refractivity contribution is -0.117. The maximum Gasteiger partial charge on any atom is 0.258 e. The molecule has 0 fully saturated rings. The average molecular weight is 311 g/mol. The van der Waals surface area contributed by atoms with Crippen LogP contribution in [0.5, 0.6) is 0 Å². The number of ketones is 1. The van der Waals surface area contributed by atoms with E-state index in [9.17, 15) is 4.79 Å². The zero-order valence-electron chi connectivity index (χ0n) is 15.1. The molecule has 1 aliphatic rings. The Morgan fingerprint density at radius 1 is 1.00 bits per heavy atom. The topological polar surface area (TPSA) is 26.3 Å². The van der Waals surface area contributed by atoms with E-state index in [1.54, 1.807) is 0 Å². The van der Waals surface area contributed by atoms with Gasteiger partial charge in [0.25, 0.3) is 8.32 Å². The molecule has 122 valence electrons. The van der Waals surface area contributed by atoms with E-state index >= 15 is 0 Å².